The molecule has 0 unspecified atom stereocenters. The van der Waals surface area contributed by atoms with E-state index < -0.39 is 8.32 Å². The third-order valence-corrected chi connectivity index (χ3v) is 10.6. The Hall–Kier alpha value is -1.39. The normalized spacial score (nSPS) is 26.6. The monoisotopic (exact) mass is 402 g/mol. The van der Waals surface area contributed by atoms with Gasteiger partial charge >= 0.3 is 5.97 Å². The maximum atomic E-state index is 11.6. The maximum absolute atomic E-state index is 11.6. The lowest BCUT2D eigenvalue weighted by atomic mass is 9.92. The van der Waals surface area contributed by atoms with Crippen LogP contribution in [0.25, 0.3) is 0 Å². The quantitative estimate of drug-likeness (QED) is 0.256. The second kappa shape index (κ2) is 9.88. The van der Waals surface area contributed by atoms with Crippen molar-refractivity contribution in [2.75, 3.05) is 0 Å². The van der Waals surface area contributed by atoms with E-state index in [-0.39, 0.29) is 35.1 Å². The second-order valence-electron chi connectivity index (χ2n) is 9.41. The fraction of sp³-hybridized carbons (Fsp3) is 0.625. The third kappa shape index (κ3) is 6.31. The summed E-state index contributed by atoms with van der Waals surface area (Å²) in [5.74, 6) is 0.445. The molecule has 0 N–H and O–H groups in total. The number of hydrogen-bond donors (Lipinski definition) is 0. The van der Waals surface area contributed by atoms with Crippen LogP contribution in [0.4, 0.5) is 0 Å². The predicted octanol–water partition coefficient (Wildman–Crippen LogP) is 6.35. The summed E-state index contributed by atoms with van der Waals surface area (Å²) < 4.78 is 12.0. The summed E-state index contributed by atoms with van der Waals surface area (Å²) >= 11 is 0. The van der Waals surface area contributed by atoms with E-state index in [1.807, 2.05) is 6.08 Å². The molecule has 0 aromatic heterocycles. The van der Waals surface area contributed by atoms with Gasteiger partial charge in [-0.1, -0.05) is 70.2 Å². The fourth-order valence-electron chi connectivity index (χ4n) is 3.36. The van der Waals surface area contributed by atoms with Crippen LogP contribution in [0, 0.1) is 11.8 Å². The minimum atomic E-state index is -1.86. The van der Waals surface area contributed by atoms with E-state index in [1.165, 1.54) is 0 Å². The van der Waals surface area contributed by atoms with Crippen LogP contribution in [-0.2, 0) is 14.0 Å². The Bertz CT molecular complexity index is 637. The first kappa shape index (κ1) is 22.9. The Morgan fingerprint density at radius 2 is 1.93 bits per heavy atom. The van der Waals surface area contributed by atoms with E-state index in [4.69, 9.17) is 9.16 Å². The van der Waals surface area contributed by atoms with Gasteiger partial charge in [-0.3, -0.25) is 4.79 Å². The highest BCUT2D eigenvalue weighted by molar-refractivity contribution is 6.74. The zero-order valence-corrected chi connectivity index (χ0v) is 19.5. The molecule has 1 fully saturated rings. The van der Waals surface area contributed by atoms with E-state index in [0.717, 1.165) is 19.3 Å². The fourth-order valence-corrected chi connectivity index (χ4v) is 4.65. The third-order valence-electron chi connectivity index (χ3n) is 6.12. The molecule has 0 radical (unpaired) electrons. The average molecular weight is 403 g/mol. The summed E-state index contributed by atoms with van der Waals surface area (Å²) in [4.78, 5) is 11.6. The van der Waals surface area contributed by atoms with Crippen molar-refractivity contribution < 1.29 is 14.0 Å². The van der Waals surface area contributed by atoms with Crippen molar-refractivity contribution in [2.24, 2.45) is 11.8 Å². The molecular formula is C24H38O3Si. The lowest BCUT2D eigenvalue weighted by Gasteiger charge is -2.38. The topological polar surface area (TPSA) is 35.5 Å². The number of esters is 1. The SMILES string of the molecule is CC/C=C\C/C=C\C[C@@H](/C=C/[C@H]1C=C[C@H]2OC(=O)C[C@@H]12)O[Si](C)(C)C(C)(C)C. The average Bonchev–Trinajstić information content (AvgIpc) is 3.13. The molecule has 3 nitrogen and oxygen atoms in total. The summed E-state index contributed by atoms with van der Waals surface area (Å²) in [6.07, 6.45) is 21.0. The molecule has 4 atom stereocenters. The molecule has 0 amide bonds. The number of hydrogen-bond acceptors (Lipinski definition) is 3. The molecule has 156 valence electrons. The molecule has 2 rings (SSSR count). The van der Waals surface area contributed by atoms with Crippen molar-refractivity contribution in [2.45, 2.75) is 83.7 Å². The van der Waals surface area contributed by atoms with Gasteiger partial charge in [0.2, 0.25) is 0 Å². The molecule has 0 aromatic rings. The van der Waals surface area contributed by atoms with E-state index in [2.05, 4.69) is 83.3 Å². The maximum Gasteiger partial charge on any atom is 0.306 e. The van der Waals surface area contributed by atoms with Crippen molar-refractivity contribution in [3.63, 3.8) is 0 Å². The van der Waals surface area contributed by atoms with Crippen LogP contribution in [0.15, 0.2) is 48.6 Å². The van der Waals surface area contributed by atoms with Gasteiger partial charge in [0, 0.05) is 11.8 Å². The summed E-state index contributed by atoms with van der Waals surface area (Å²) in [6.45, 7) is 13.6. The molecule has 1 aliphatic heterocycles. The van der Waals surface area contributed by atoms with Gasteiger partial charge in [-0.05, 0) is 43.5 Å². The molecule has 2 aliphatic rings. The minimum Gasteiger partial charge on any atom is -0.458 e. The van der Waals surface area contributed by atoms with Gasteiger partial charge < -0.3 is 9.16 Å². The van der Waals surface area contributed by atoms with E-state index in [0.29, 0.717) is 6.42 Å². The van der Waals surface area contributed by atoms with E-state index in [9.17, 15) is 4.79 Å². The molecular weight excluding hydrogens is 364 g/mol. The number of fused-ring (bicyclic) bond motifs is 1. The van der Waals surface area contributed by atoms with Gasteiger partial charge in [-0.2, -0.15) is 0 Å². The molecule has 28 heavy (non-hydrogen) atoms. The Morgan fingerprint density at radius 3 is 2.61 bits per heavy atom. The lowest BCUT2D eigenvalue weighted by molar-refractivity contribution is -0.140. The largest absolute Gasteiger partial charge is 0.458 e. The van der Waals surface area contributed by atoms with Crippen molar-refractivity contribution in [1.29, 1.82) is 0 Å². The summed E-state index contributed by atoms with van der Waals surface area (Å²) in [6, 6.07) is 0. The summed E-state index contributed by atoms with van der Waals surface area (Å²) in [7, 11) is -1.86. The predicted molar refractivity (Wildman–Crippen MR) is 120 cm³/mol. The zero-order valence-electron chi connectivity index (χ0n) is 18.5. The molecule has 1 saturated heterocycles. The first-order valence-electron chi connectivity index (χ1n) is 10.7. The van der Waals surface area contributed by atoms with Gasteiger partial charge in [0.15, 0.2) is 8.32 Å². The van der Waals surface area contributed by atoms with Crippen LogP contribution >= 0.6 is 0 Å². The Morgan fingerprint density at radius 1 is 1.21 bits per heavy atom. The highest BCUT2D eigenvalue weighted by Gasteiger charge is 2.41. The Balaban J connectivity index is 2.03. The van der Waals surface area contributed by atoms with Crippen molar-refractivity contribution in [3.05, 3.63) is 48.6 Å². The Kier molecular flexibility index (Phi) is 8.08. The lowest BCUT2D eigenvalue weighted by Crippen LogP contribution is -2.43. The second-order valence-corrected chi connectivity index (χ2v) is 14.2. The van der Waals surface area contributed by atoms with Gasteiger partial charge in [0.1, 0.15) is 6.10 Å². The zero-order chi connectivity index (χ0) is 20.8. The van der Waals surface area contributed by atoms with E-state index >= 15 is 0 Å². The molecule has 0 aromatic carbocycles. The minimum absolute atomic E-state index is 0.0350. The van der Waals surface area contributed by atoms with Crippen molar-refractivity contribution in [3.8, 4) is 0 Å². The van der Waals surface area contributed by atoms with Crippen LogP contribution in [0.5, 0.6) is 0 Å². The van der Waals surface area contributed by atoms with Crippen LogP contribution in [-0.4, -0.2) is 26.5 Å². The van der Waals surface area contributed by atoms with Crippen LogP contribution in [0.1, 0.15) is 53.4 Å². The van der Waals surface area contributed by atoms with Gasteiger partial charge in [-0.15, -0.1) is 0 Å². The molecule has 0 saturated carbocycles. The summed E-state index contributed by atoms with van der Waals surface area (Å²) in [5.41, 5.74) is 0. The smallest absolute Gasteiger partial charge is 0.306 e. The number of ether oxygens (including phenoxy) is 1. The summed E-state index contributed by atoms with van der Waals surface area (Å²) in [5, 5.41) is 0.177. The van der Waals surface area contributed by atoms with E-state index in [1.54, 1.807) is 0 Å². The molecule has 1 heterocycles. The van der Waals surface area contributed by atoms with Crippen molar-refractivity contribution >= 4 is 14.3 Å². The molecule has 0 bridgehead atoms. The number of carbonyl (C=O) groups excluding carboxylic acids is 1. The highest BCUT2D eigenvalue weighted by Crippen LogP contribution is 2.39. The number of allylic oxidation sites excluding steroid dienone is 5. The van der Waals surface area contributed by atoms with Crippen molar-refractivity contribution in [1.82, 2.24) is 0 Å². The molecule has 4 heteroatoms. The van der Waals surface area contributed by atoms with Gasteiger partial charge in [-0.25, -0.2) is 0 Å². The Labute approximate surface area is 172 Å². The highest BCUT2D eigenvalue weighted by atomic mass is 28.4. The molecule has 0 spiro atoms. The standard InChI is InChI=1S/C24H38O3Si/c1-7-8-9-10-11-12-13-20(27-28(5,6)24(2,3)4)16-14-19-15-17-22-21(19)18-23(25)26-22/h8-9,11-12,14-17,19-22H,7,10,13,18H2,1-6H3/b9-8-,12-11-,16-14+/t19-,20-,21-,22+/m0/s1. The first-order valence-corrected chi connectivity index (χ1v) is 13.6. The molecule has 1 aliphatic carbocycles. The van der Waals surface area contributed by atoms with Crippen LogP contribution < -0.4 is 0 Å². The van der Waals surface area contributed by atoms with Gasteiger partial charge in [0.25, 0.3) is 0 Å². The number of carbonyl (C=O) groups is 1. The first-order chi connectivity index (χ1) is 13.1. The van der Waals surface area contributed by atoms with Crippen LogP contribution in [0.2, 0.25) is 18.1 Å². The number of rotatable bonds is 9. The van der Waals surface area contributed by atoms with Crippen LogP contribution in [0.3, 0.4) is 0 Å². The van der Waals surface area contributed by atoms with Gasteiger partial charge in [0.05, 0.1) is 12.5 Å².